The molecular formula is C22H23N5O2. The predicted molar refractivity (Wildman–Crippen MR) is 112 cm³/mol. The van der Waals surface area contributed by atoms with E-state index < -0.39 is 0 Å². The van der Waals surface area contributed by atoms with Crippen LogP contribution >= 0.6 is 0 Å². The lowest BCUT2D eigenvalue weighted by Gasteiger charge is -2.47. The Hall–Kier alpha value is -3.48. The van der Waals surface area contributed by atoms with Crippen molar-refractivity contribution in [1.29, 1.82) is 0 Å². The largest absolute Gasteiger partial charge is 0.497 e. The number of aromatic amines is 1. The number of H-pyrrole nitrogens is 1. The minimum atomic E-state index is -0.208. The van der Waals surface area contributed by atoms with Crippen LogP contribution in [0.1, 0.15) is 24.2 Å². The molecular weight excluding hydrogens is 366 g/mol. The maximum Gasteiger partial charge on any atom is 0.264 e. The van der Waals surface area contributed by atoms with E-state index in [4.69, 9.17) is 4.74 Å². The SMILES string of the molecule is C=C(c1ccc(=O)[nH]n1)N1CCC2(CC1)Nc1cc(OC)ccc1-n1cccc12. The van der Waals surface area contributed by atoms with Crippen LogP contribution in [0.3, 0.4) is 0 Å². The Labute approximate surface area is 168 Å². The highest BCUT2D eigenvalue weighted by molar-refractivity contribution is 5.69. The van der Waals surface area contributed by atoms with E-state index in [1.807, 2.05) is 6.07 Å². The molecule has 3 aromatic rings. The number of rotatable bonds is 3. The maximum absolute atomic E-state index is 11.3. The van der Waals surface area contributed by atoms with E-state index >= 15 is 0 Å². The second-order valence-electron chi connectivity index (χ2n) is 7.59. The highest BCUT2D eigenvalue weighted by atomic mass is 16.5. The first-order valence-electron chi connectivity index (χ1n) is 9.74. The molecule has 29 heavy (non-hydrogen) atoms. The summed E-state index contributed by atoms with van der Waals surface area (Å²) in [7, 11) is 1.69. The first-order chi connectivity index (χ1) is 14.1. The fraction of sp³-hybridized carbons (Fsp3) is 0.273. The van der Waals surface area contributed by atoms with Crippen molar-refractivity contribution in [2.75, 3.05) is 25.5 Å². The van der Waals surface area contributed by atoms with Crippen LogP contribution in [0.4, 0.5) is 5.69 Å². The molecule has 1 fully saturated rings. The lowest BCUT2D eigenvalue weighted by molar-refractivity contribution is 0.230. The quantitative estimate of drug-likeness (QED) is 0.720. The molecule has 1 aromatic carbocycles. The molecule has 0 bridgehead atoms. The Kier molecular flexibility index (Phi) is 3.97. The number of anilines is 1. The van der Waals surface area contributed by atoms with E-state index in [0.29, 0.717) is 5.69 Å². The minimum Gasteiger partial charge on any atom is -0.497 e. The minimum absolute atomic E-state index is 0.141. The van der Waals surface area contributed by atoms with Gasteiger partial charge in [-0.2, -0.15) is 5.10 Å². The van der Waals surface area contributed by atoms with Gasteiger partial charge in [-0.25, -0.2) is 5.10 Å². The van der Waals surface area contributed by atoms with E-state index in [0.717, 1.165) is 48.8 Å². The second kappa shape index (κ2) is 6.55. The molecule has 2 aromatic heterocycles. The fourth-order valence-electron chi connectivity index (χ4n) is 4.46. The van der Waals surface area contributed by atoms with Crippen molar-refractivity contribution < 1.29 is 4.74 Å². The lowest BCUT2D eigenvalue weighted by atomic mass is 9.82. The van der Waals surface area contributed by atoms with Gasteiger partial charge >= 0.3 is 0 Å². The van der Waals surface area contributed by atoms with Gasteiger partial charge in [-0.05, 0) is 43.2 Å². The summed E-state index contributed by atoms with van der Waals surface area (Å²) in [6.45, 7) is 5.89. The predicted octanol–water partition coefficient (Wildman–Crippen LogP) is 2.96. The smallest absolute Gasteiger partial charge is 0.264 e. The van der Waals surface area contributed by atoms with Gasteiger partial charge < -0.3 is 19.5 Å². The molecule has 0 amide bonds. The topological polar surface area (TPSA) is 75.2 Å². The third-order valence-electron chi connectivity index (χ3n) is 6.05. The Morgan fingerprint density at radius 1 is 1.21 bits per heavy atom. The average Bonchev–Trinajstić information content (AvgIpc) is 3.25. The summed E-state index contributed by atoms with van der Waals surface area (Å²) in [5.74, 6) is 0.844. The monoisotopic (exact) mass is 389 g/mol. The van der Waals surface area contributed by atoms with Crippen molar-refractivity contribution in [3.8, 4) is 11.4 Å². The second-order valence-corrected chi connectivity index (χ2v) is 7.59. The molecule has 1 spiro atoms. The molecule has 2 N–H and O–H groups in total. The van der Waals surface area contributed by atoms with E-state index in [9.17, 15) is 4.79 Å². The molecule has 7 heteroatoms. The van der Waals surface area contributed by atoms with Gasteiger partial charge in [0.05, 0.1) is 29.7 Å². The van der Waals surface area contributed by atoms with Crippen LogP contribution in [-0.4, -0.2) is 39.9 Å². The van der Waals surface area contributed by atoms with Crippen LogP contribution in [-0.2, 0) is 5.54 Å². The fourth-order valence-corrected chi connectivity index (χ4v) is 4.46. The van der Waals surface area contributed by atoms with E-state index in [2.05, 4.69) is 62.0 Å². The van der Waals surface area contributed by atoms with Crippen molar-refractivity contribution in [3.63, 3.8) is 0 Å². The van der Waals surface area contributed by atoms with Crippen LogP contribution in [0.2, 0.25) is 0 Å². The molecule has 5 rings (SSSR count). The molecule has 2 aliphatic rings. The maximum atomic E-state index is 11.3. The Bertz CT molecular complexity index is 1120. The van der Waals surface area contributed by atoms with Crippen molar-refractivity contribution in [3.05, 3.63) is 77.0 Å². The summed E-state index contributed by atoms with van der Waals surface area (Å²) in [5.41, 5.74) is 4.70. The highest BCUT2D eigenvalue weighted by Gasteiger charge is 2.41. The number of benzene rings is 1. The van der Waals surface area contributed by atoms with Gasteiger partial charge in [0.2, 0.25) is 0 Å². The summed E-state index contributed by atoms with van der Waals surface area (Å²) < 4.78 is 7.71. The van der Waals surface area contributed by atoms with Crippen LogP contribution in [0.15, 0.2) is 60.0 Å². The van der Waals surface area contributed by atoms with E-state index in [1.165, 1.54) is 11.8 Å². The first kappa shape index (κ1) is 17.6. The lowest BCUT2D eigenvalue weighted by Crippen LogP contribution is -2.49. The number of methoxy groups -OCH3 is 1. The van der Waals surface area contributed by atoms with Gasteiger partial charge in [0, 0.05) is 37.1 Å². The summed E-state index contributed by atoms with van der Waals surface area (Å²) >= 11 is 0. The van der Waals surface area contributed by atoms with Crippen LogP contribution in [0, 0.1) is 0 Å². The van der Waals surface area contributed by atoms with Crippen LogP contribution < -0.4 is 15.6 Å². The summed E-state index contributed by atoms with van der Waals surface area (Å²) in [6.07, 6.45) is 3.98. The summed E-state index contributed by atoms with van der Waals surface area (Å²) in [4.78, 5) is 13.5. The number of piperidine rings is 1. The molecule has 0 unspecified atom stereocenters. The zero-order chi connectivity index (χ0) is 20.0. The first-order valence-corrected chi connectivity index (χ1v) is 9.74. The standard InChI is InChI=1S/C22H23N5O2/c1-15(17-6-8-21(28)25-24-17)26-12-9-22(10-13-26)20-4-3-11-27(20)19-7-5-16(29-2)14-18(19)23-22/h3-8,11,14,23H,1,9-10,12-13H2,2H3,(H,25,28). The third-order valence-corrected chi connectivity index (χ3v) is 6.05. The summed E-state index contributed by atoms with van der Waals surface area (Å²) in [5, 5.41) is 10.4. The zero-order valence-corrected chi connectivity index (χ0v) is 16.3. The molecule has 0 saturated carbocycles. The van der Waals surface area contributed by atoms with Crippen molar-refractivity contribution in [2.45, 2.75) is 18.4 Å². The number of nitrogens with zero attached hydrogens (tertiary/aromatic N) is 3. The molecule has 0 atom stereocenters. The third kappa shape index (κ3) is 2.81. The van der Waals surface area contributed by atoms with Gasteiger partial charge in [0.15, 0.2) is 0 Å². The molecule has 148 valence electrons. The van der Waals surface area contributed by atoms with Crippen molar-refractivity contribution in [2.24, 2.45) is 0 Å². The van der Waals surface area contributed by atoms with Gasteiger partial charge in [-0.1, -0.05) is 6.58 Å². The Morgan fingerprint density at radius 3 is 2.76 bits per heavy atom. The van der Waals surface area contributed by atoms with Crippen LogP contribution in [0.25, 0.3) is 11.4 Å². The number of fused-ring (bicyclic) bond motifs is 4. The van der Waals surface area contributed by atoms with Gasteiger partial charge in [-0.15, -0.1) is 0 Å². The molecule has 2 aliphatic heterocycles. The summed E-state index contributed by atoms with van der Waals surface area (Å²) in [6, 6.07) is 13.7. The van der Waals surface area contributed by atoms with Gasteiger partial charge in [0.1, 0.15) is 11.4 Å². The zero-order valence-electron chi connectivity index (χ0n) is 16.3. The number of nitrogens with one attached hydrogen (secondary N) is 2. The Morgan fingerprint density at radius 2 is 2.03 bits per heavy atom. The number of ether oxygens (including phenoxy) is 1. The average molecular weight is 389 g/mol. The number of aromatic nitrogens is 3. The number of hydrogen-bond acceptors (Lipinski definition) is 5. The van der Waals surface area contributed by atoms with E-state index in [1.54, 1.807) is 13.2 Å². The van der Waals surface area contributed by atoms with Crippen molar-refractivity contribution in [1.82, 2.24) is 19.7 Å². The van der Waals surface area contributed by atoms with Crippen molar-refractivity contribution >= 4 is 11.4 Å². The van der Waals surface area contributed by atoms with E-state index in [-0.39, 0.29) is 11.1 Å². The normalized spacial score (nSPS) is 16.7. The van der Waals surface area contributed by atoms with Crippen LogP contribution in [0.5, 0.6) is 5.75 Å². The Balaban J connectivity index is 1.42. The molecule has 0 radical (unpaired) electrons. The van der Waals surface area contributed by atoms with Gasteiger partial charge in [-0.3, -0.25) is 4.79 Å². The number of hydrogen-bond donors (Lipinski definition) is 2. The van der Waals surface area contributed by atoms with Gasteiger partial charge in [0.25, 0.3) is 5.56 Å². The molecule has 1 saturated heterocycles. The molecule has 4 heterocycles. The molecule has 0 aliphatic carbocycles. The number of likely N-dealkylation sites (tertiary alicyclic amines) is 1. The molecule has 7 nitrogen and oxygen atoms in total. The highest BCUT2D eigenvalue weighted by Crippen LogP contribution is 2.45.